The standard InChI is InChI=1S/C18H28N2O2/c1-14(2)9-11-20(16(4)21)12-10-19-18(22)13-17-7-5-15(3)6-8-17/h5-8,14H,9-13H2,1-4H3,(H,19,22). The maximum absolute atomic E-state index is 11.9. The van der Waals surface area contributed by atoms with Crippen LogP contribution in [0.15, 0.2) is 24.3 Å². The van der Waals surface area contributed by atoms with Gasteiger partial charge in [0, 0.05) is 26.6 Å². The van der Waals surface area contributed by atoms with Crippen LogP contribution in [0.1, 0.15) is 38.3 Å². The van der Waals surface area contributed by atoms with Gasteiger partial charge in [-0.1, -0.05) is 43.7 Å². The minimum atomic E-state index is -0.00350. The number of amides is 2. The van der Waals surface area contributed by atoms with Crippen LogP contribution in [0.2, 0.25) is 0 Å². The Bertz CT molecular complexity index is 480. The molecule has 0 spiro atoms. The lowest BCUT2D eigenvalue weighted by Crippen LogP contribution is -2.38. The second-order valence-corrected chi connectivity index (χ2v) is 6.20. The highest BCUT2D eigenvalue weighted by molar-refractivity contribution is 5.78. The van der Waals surface area contributed by atoms with E-state index in [1.165, 1.54) is 5.56 Å². The molecule has 0 heterocycles. The maximum Gasteiger partial charge on any atom is 0.224 e. The van der Waals surface area contributed by atoms with Crippen molar-refractivity contribution < 1.29 is 9.59 Å². The molecule has 0 atom stereocenters. The Kier molecular flexibility index (Phi) is 7.64. The molecule has 4 heteroatoms. The molecule has 0 aliphatic heterocycles. The lowest BCUT2D eigenvalue weighted by Gasteiger charge is -2.22. The van der Waals surface area contributed by atoms with Gasteiger partial charge in [0.05, 0.1) is 6.42 Å². The molecule has 122 valence electrons. The number of carbonyl (C=O) groups is 2. The van der Waals surface area contributed by atoms with Crippen LogP contribution in [0.3, 0.4) is 0 Å². The van der Waals surface area contributed by atoms with Crippen LogP contribution in [0.25, 0.3) is 0 Å². The third-order valence-electron chi connectivity index (χ3n) is 3.61. The molecule has 0 aromatic heterocycles. The first kappa shape index (κ1) is 18.2. The molecule has 0 unspecified atom stereocenters. The molecule has 0 fully saturated rings. The highest BCUT2D eigenvalue weighted by Crippen LogP contribution is 2.04. The highest BCUT2D eigenvalue weighted by Gasteiger charge is 2.10. The van der Waals surface area contributed by atoms with E-state index in [-0.39, 0.29) is 11.8 Å². The number of rotatable bonds is 8. The Morgan fingerprint density at radius 3 is 2.32 bits per heavy atom. The average molecular weight is 304 g/mol. The van der Waals surface area contributed by atoms with Crippen LogP contribution in [0, 0.1) is 12.8 Å². The second-order valence-electron chi connectivity index (χ2n) is 6.20. The summed E-state index contributed by atoms with van der Waals surface area (Å²) >= 11 is 0. The molecule has 4 nitrogen and oxygen atoms in total. The summed E-state index contributed by atoms with van der Waals surface area (Å²) in [5, 5.41) is 2.89. The van der Waals surface area contributed by atoms with Gasteiger partial charge in [-0.3, -0.25) is 9.59 Å². The number of aryl methyl sites for hydroxylation is 1. The molecule has 1 aromatic rings. The van der Waals surface area contributed by atoms with Gasteiger partial charge in [0.2, 0.25) is 11.8 Å². The first-order valence-corrected chi connectivity index (χ1v) is 7.96. The fourth-order valence-corrected chi connectivity index (χ4v) is 2.12. The van der Waals surface area contributed by atoms with Gasteiger partial charge >= 0.3 is 0 Å². The van der Waals surface area contributed by atoms with Crippen molar-refractivity contribution in [2.45, 2.75) is 40.5 Å². The number of benzene rings is 1. The Labute approximate surface area is 133 Å². The van der Waals surface area contributed by atoms with Crippen molar-refractivity contribution in [1.29, 1.82) is 0 Å². The van der Waals surface area contributed by atoms with E-state index in [0.29, 0.717) is 25.4 Å². The number of hydrogen-bond donors (Lipinski definition) is 1. The van der Waals surface area contributed by atoms with Gasteiger partial charge in [-0.05, 0) is 24.8 Å². The SMILES string of the molecule is CC(=O)N(CCNC(=O)Cc1ccc(C)cc1)CCC(C)C. The van der Waals surface area contributed by atoms with Gasteiger partial charge in [-0.25, -0.2) is 0 Å². The predicted molar refractivity (Wildman–Crippen MR) is 89.6 cm³/mol. The van der Waals surface area contributed by atoms with Crippen molar-refractivity contribution in [3.8, 4) is 0 Å². The fraction of sp³-hybridized carbons (Fsp3) is 0.556. The fourth-order valence-electron chi connectivity index (χ4n) is 2.12. The summed E-state index contributed by atoms with van der Waals surface area (Å²) in [7, 11) is 0. The van der Waals surface area contributed by atoms with E-state index in [0.717, 1.165) is 18.5 Å². The molecule has 1 aromatic carbocycles. The minimum absolute atomic E-state index is 0.00350. The largest absolute Gasteiger partial charge is 0.354 e. The molecule has 0 aliphatic carbocycles. The zero-order valence-corrected chi connectivity index (χ0v) is 14.2. The Morgan fingerprint density at radius 1 is 1.14 bits per heavy atom. The lowest BCUT2D eigenvalue weighted by molar-refractivity contribution is -0.129. The summed E-state index contributed by atoms with van der Waals surface area (Å²) in [6.45, 7) is 9.71. The van der Waals surface area contributed by atoms with Crippen molar-refractivity contribution in [2.24, 2.45) is 5.92 Å². The van der Waals surface area contributed by atoms with E-state index in [9.17, 15) is 9.59 Å². The molecule has 0 radical (unpaired) electrons. The monoisotopic (exact) mass is 304 g/mol. The van der Waals surface area contributed by atoms with E-state index >= 15 is 0 Å². The number of nitrogens with one attached hydrogen (secondary N) is 1. The number of carbonyl (C=O) groups excluding carboxylic acids is 2. The van der Waals surface area contributed by atoms with E-state index in [1.54, 1.807) is 11.8 Å². The smallest absolute Gasteiger partial charge is 0.224 e. The zero-order valence-electron chi connectivity index (χ0n) is 14.2. The number of nitrogens with zero attached hydrogens (tertiary/aromatic N) is 1. The summed E-state index contributed by atoms with van der Waals surface area (Å²) in [4.78, 5) is 25.3. The van der Waals surface area contributed by atoms with Gasteiger partial charge < -0.3 is 10.2 Å². The predicted octanol–water partition coefficient (Wildman–Crippen LogP) is 2.55. The van der Waals surface area contributed by atoms with Crippen LogP contribution in [-0.4, -0.2) is 36.3 Å². The molecule has 1 N–H and O–H groups in total. The summed E-state index contributed by atoms with van der Waals surface area (Å²) in [6.07, 6.45) is 1.36. The zero-order chi connectivity index (χ0) is 16.5. The molecule has 1 rings (SSSR count). The van der Waals surface area contributed by atoms with Crippen molar-refractivity contribution >= 4 is 11.8 Å². The molecule has 2 amide bonds. The first-order valence-electron chi connectivity index (χ1n) is 7.96. The van der Waals surface area contributed by atoms with Gasteiger partial charge in [-0.2, -0.15) is 0 Å². The van der Waals surface area contributed by atoms with Crippen molar-refractivity contribution in [2.75, 3.05) is 19.6 Å². The molecule has 0 bridgehead atoms. The van der Waals surface area contributed by atoms with E-state index in [1.807, 2.05) is 31.2 Å². The average Bonchev–Trinajstić information content (AvgIpc) is 2.44. The van der Waals surface area contributed by atoms with Crippen LogP contribution in [-0.2, 0) is 16.0 Å². The van der Waals surface area contributed by atoms with Gasteiger partial charge in [0.15, 0.2) is 0 Å². The number of hydrogen-bond acceptors (Lipinski definition) is 2. The molecule has 0 saturated heterocycles. The summed E-state index contributed by atoms with van der Waals surface area (Å²) in [5.74, 6) is 0.627. The molecule has 0 aliphatic rings. The van der Waals surface area contributed by atoms with Gasteiger partial charge in [0.25, 0.3) is 0 Å². The van der Waals surface area contributed by atoms with E-state index < -0.39 is 0 Å². The minimum Gasteiger partial charge on any atom is -0.354 e. The third kappa shape index (κ3) is 7.25. The van der Waals surface area contributed by atoms with Crippen LogP contribution in [0.5, 0.6) is 0 Å². The summed E-state index contributed by atoms with van der Waals surface area (Å²) in [6, 6.07) is 7.96. The quantitative estimate of drug-likeness (QED) is 0.802. The van der Waals surface area contributed by atoms with E-state index in [4.69, 9.17) is 0 Å². The van der Waals surface area contributed by atoms with Crippen LogP contribution in [0.4, 0.5) is 0 Å². The normalized spacial score (nSPS) is 10.6. The molecule has 0 saturated carbocycles. The van der Waals surface area contributed by atoms with E-state index in [2.05, 4.69) is 19.2 Å². The third-order valence-corrected chi connectivity index (χ3v) is 3.61. The van der Waals surface area contributed by atoms with Crippen LogP contribution < -0.4 is 5.32 Å². The topological polar surface area (TPSA) is 49.4 Å². The molecular weight excluding hydrogens is 276 g/mol. The van der Waals surface area contributed by atoms with Crippen molar-refractivity contribution in [3.63, 3.8) is 0 Å². The van der Waals surface area contributed by atoms with Crippen molar-refractivity contribution in [1.82, 2.24) is 10.2 Å². The van der Waals surface area contributed by atoms with Gasteiger partial charge in [-0.15, -0.1) is 0 Å². The Balaban J connectivity index is 2.33. The molecular formula is C18H28N2O2. The summed E-state index contributed by atoms with van der Waals surface area (Å²) < 4.78 is 0. The van der Waals surface area contributed by atoms with Gasteiger partial charge in [0.1, 0.15) is 0 Å². The Hall–Kier alpha value is -1.84. The highest BCUT2D eigenvalue weighted by atomic mass is 16.2. The second kappa shape index (κ2) is 9.23. The molecule has 22 heavy (non-hydrogen) atoms. The van der Waals surface area contributed by atoms with Crippen LogP contribution >= 0.6 is 0 Å². The maximum atomic E-state index is 11.9. The first-order chi connectivity index (χ1) is 10.4. The lowest BCUT2D eigenvalue weighted by atomic mass is 10.1. The Morgan fingerprint density at radius 2 is 1.77 bits per heavy atom. The van der Waals surface area contributed by atoms with Crippen molar-refractivity contribution in [3.05, 3.63) is 35.4 Å². The summed E-state index contributed by atoms with van der Waals surface area (Å²) in [5.41, 5.74) is 2.19.